The second-order valence-corrected chi connectivity index (χ2v) is 10.7. The van der Waals surface area contributed by atoms with Crippen molar-refractivity contribution in [1.82, 2.24) is 24.6 Å². The standard InChI is InChI=1S/C31H29F3N6O2S/c1-4-20(2)26-7-5-6-8-27(26)40-21(3)18-43-30(40)37-29(41)35-17-22-9-11-23(12-10-22)28-36-19-39(38-28)24-13-15-25(16-14-24)42-31(32,33)34/h5-16,18-20H,4,17H2,1-3H3,(H,35,41)/b37-30-. The molecule has 0 saturated heterocycles. The van der Waals surface area contributed by atoms with Crippen LogP contribution in [0.15, 0.2) is 89.5 Å². The molecule has 0 aliphatic rings. The number of rotatable bonds is 8. The van der Waals surface area contributed by atoms with Crippen LogP contribution in [-0.4, -0.2) is 31.7 Å². The fourth-order valence-corrected chi connectivity index (χ4v) is 5.35. The maximum Gasteiger partial charge on any atom is 0.573 e. The number of nitrogens with one attached hydrogen (secondary N) is 1. The van der Waals surface area contributed by atoms with E-state index in [-0.39, 0.29) is 12.3 Å². The predicted molar refractivity (Wildman–Crippen MR) is 158 cm³/mol. The van der Waals surface area contributed by atoms with Gasteiger partial charge in [0.15, 0.2) is 10.6 Å². The summed E-state index contributed by atoms with van der Waals surface area (Å²) in [6.45, 7) is 6.63. The van der Waals surface area contributed by atoms with Crippen LogP contribution in [0.25, 0.3) is 22.8 Å². The minimum absolute atomic E-state index is 0.282. The molecule has 8 nitrogen and oxygen atoms in total. The van der Waals surface area contributed by atoms with Crippen LogP contribution in [0.2, 0.25) is 0 Å². The number of hydrogen-bond acceptors (Lipinski definition) is 5. The molecule has 2 aromatic heterocycles. The zero-order valence-corrected chi connectivity index (χ0v) is 24.5. The summed E-state index contributed by atoms with van der Waals surface area (Å²) in [6.07, 6.45) is -2.27. The Morgan fingerprint density at radius 2 is 1.79 bits per heavy atom. The van der Waals surface area contributed by atoms with E-state index in [0.717, 1.165) is 28.9 Å². The number of para-hydroxylation sites is 1. The number of thiazole rings is 1. The van der Waals surface area contributed by atoms with Crippen LogP contribution >= 0.6 is 11.3 Å². The lowest BCUT2D eigenvalue weighted by Crippen LogP contribution is -2.24. The van der Waals surface area contributed by atoms with E-state index in [1.165, 1.54) is 52.2 Å². The minimum atomic E-state index is -4.75. The van der Waals surface area contributed by atoms with Crippen LogP contribution in [0.4, 0.5) is 18.0 Å². The molecule has 1 unspecified atom stereocenters. The van der Waals surface area contributed by atoms with Gasteiger partial charge >= 0.3 is 12.4 Å². The Labute approximate surface area is 250 Å². The first-order valence-electron chi connectivity index (χ1n) is 13.6. The number of amides is 2. The molecule has 1 atom stereocenters. The first kappa shape index (κ1) is 29.8. The van der Waals surface area contributed by atoms with Gasteiger partial charge in [-0.3, -0.25) is 4.57 Å². The average molecular weight is 607 g/mol. The first-order valence-corrected chi connectivity index (χ1v) is 14.5. The van der Waals surface area contributed by atoms with Crippen molar-refractivity contribution in [1.29, 1.82) is 0 Å². The molecular formula is C31H29F3N6O2S. The number of aryl methyl sites for hydroxylation is 1. The third-order valence-corrected chi connectivity index (χ3v) is 7.82. The molecule has 12 heteroatoms. The molecule has 0 spiro atoms. The van der Waals surface area contributed by atoms with Gasteiger partial charge in [-0.1, -0.05) is 56.3 Å². The van der Waals surface area contributed by atoms with E-state index in [4.69, 9.17) is 0 Å². The van der Waals surface area contributed by atoms with Gasteiger partial charge in [0.25, 0.3) is 0 Å². The number of halogens is 3. The molecule has 5 aromatic rings. The Bertz CT molecular complexity index is 1770. The molecule has 0 saturated carbocycles. The van der Waals surface area contributed by atoms with E-state index in [1.807, 2.05) is 53.3 Å². The first-order chi connectivity index (χ1) is 20.6. The van der Waals surface area contributed by atoms with Crippen LogP contribution in [0.3, 0.4) is 0 Å². The van der Waals surface area contributed by atoms with Crippen molar-refractivity contribution in [3.63, 3.8) is 0 Å². The van der Waals surface area contributed by atoms with E-state index in [9.17, 15) is 18.0 Å². The topological polar surface area (TPSA) is 86.3 Å². The number of carbonyl (C=O) groups excluding carboxylic acids is 1. The highest BCUT2D eigenvalue weighted by molar-refractivity contribution is 7.07. The highest BCUT2D eigenvalue weighted by Gasteiger charge is 2.31. The number of carbonyl (C=O) groups is 1. The zero-order valence-electron chi connectivity index (χ0n) is 23.7. The molecule has 1 N–H and O–H groups in total. The molecule has 0 bridgehead atoms. The summed E-state index contributed by atoms with van der Waals surface area (Å²) in [5, 5.41) is 9.27. The Morgan fingerprint density at radius 3 is 2.49 bits per heavy atom. The molecule has 0 radical (unpaired) electrons. The van der Waals surface area contributed by atoms with Gasteiger partial charge < -0.3 is 10.1 Å². The van der Waals surface area contributed by atoms with E-state index < -0.39 is 12.4 Å². The summed E-state index contributed by atoms with van der Waals surface area (Å²) in [6, 6.07) is 20.5. The van der Waals surface area contributed by atoms with E-state index in [2.05, 4.69) is 51.1 Å². The molecule has 43 heavy (non-hydrogen) atoms. The van der Waals surface area contributed by atoms with Crippen LogP contribution < -0.4 is 14.9 Å². The monoisotopic (exact) mass is 606 g/mol. The lowest BCUT2D eigenvalue weighted by Gasteiger charge is -2.16. The average Bonchev–Trinajstić information content (AvgIpc) is 3.62. The second-order valence-electron chi connectivity index (χ2n) is 9.89. The molecule has 2 amide bonds. The van der Waals surface area contributed by atoms with Crippen molar-refractivity contribution in [3.05, 3.63) is 106 Å². The Balaban J connectivity index is 1.24. The molecular weight excluding hydrogens is 577 g/mol. The van der Waals surface area contributed by atoms with Gasteiger partial charge in [-0.2, -0.15) is 4.99 Å². The van der Waals surface area contributed by atoms with Crippen molar-refractivity contribution in [2.75, 3.05) is 0 Å². The quantitative estimate of drug-likeness (QED) is 0.201. The summed E-state index contributed by atoms with van der Waals surface area (Å²) >= 11 is 1.42. The number of alkyl halides is 3. The maximum atomic E-state index is 12.8. The molecule has 222 valence electrons. The summed E-state index contributed by atoms with van der Waals surface area (Å²) in [5.74, 6) is 0.491. The Hall–Kier alpha value is -4.71. The van der Waals surface area contributed by atoms with E-state index >= 15 is 0 Å². The molecule has 0 aliphatic carbocycles. The van der Waals surface area contributed by atoms with Crippen molar-refractivity contribution >= 4 is 17.4 Å². The van der Waals surface area contributed by atoms with Crippen molar-refractivity contribution in [2.45, 2.75) is 46.0 Å². The van der Waals surface area contributed by atoms with Crippen LogP contribution in [0, 0.1) is 6.92 Å². The summed E-state index contributed by atoms with van der Waals surface area (Å²) < 4.78 is 44.6. The van der Waals surface area contributed by atoms with Crippen molar-refractivity contribution < 1.29 is 22.7 Å². The van der Waals surface area contributed by atoms with Gasteiger partial charge in [0.05, 0.1) is 11.4 Å². The highest BCUT2D eigenvalue weighted by atomic mass is 32.1. The van der Waals surface area contributed by atoms with Crippen molar-refractivity contribution in [3.8, 4) is 28.5 Å². The van der Waals surface area contributed by atoms with Gasteiger partial charge in [0.1, 0.15) is 12.1 Å². The van der Waals surface area contributed by atoms with Gasteiger partial charge in [0.2, 0.25) is 0 Å². The molecule has 0 aliphatic heterocycles. The third kappa shape index (κ3) is 7.20. The van der Waals surface area contributed by atoms with Gasteiger partial charge in [-0.15, -0.1) is 29.6 Å². The number of benzene rings is 3. The molecule has 2 heterocycles. The number of urea groups is 1. The maximum absolute atomic E-state index is 12.8. The second kappa shape index (κ2) is 12.7. The lowest BCUT2D eigenvalue weighted by atomic mass is 9.97. The molecule has 5 rings (SSSR count). The SMILES string of the molecule is CCC(C)c1ccccc1-n1c(C)cs/c1=N\C(=O)NCc1ccc(-c2ncn(-c3ccc(OC(F)(F)F)cc3)n2)cc1. The van der Waals surface area contributed by atoms with Gasteiger partial charge in [-0.25, -0.2) is 14.5 Å². The number of aromatic nitrogens is 4. The highest BCUT2D eigenvalue weighted by Crippen LogP contribution is 2.26. The van der Waals surface area contributed by atoms with Crippen molar-refractivity contribution in [2.24, 2.45) is 4.99 Å². The predicted octanol–water partition coefficient (Wildman–Crippen LogP) is 7.32. The zero-order chi connectivity index (χ0) is 30.6. The third-order valence-electron chi connectivity index (χ3n) is 6.88. The fourth-order valence-electron chi connectivity index (χ4n) is 4.49. The largest absolute Gasteiger partial charge is 0.573 e. The van der Waals surface area contributed by atoms with Crippen LogP contribution in [0.1, 0.15) is 43.0 Å². The van der Waals surface area contributed by atoms with E-state index in [0.29, 0.717) is 22.2 Å². The van der Waals surface area contributed by atoms with Crippen LogP contribution in [-0.2, 0) is 6.54 Å². The fraction of sp³-hybridized carbons (Fsp3) is 0.226. The molecule has 3 aromatic carbocycles. The van der Waals surface area contributed by atoms with Crippen LogP contribution in [0.5, 0.6) is 5.75 Å². The van der Waals surface area contributed by atoms with Gasteiger partial charge in [-0.05, 0) is 60.7 Å². The Kier molecular flexibility index (Phi) is 8.76. The summed E-state index contributed by atoms with van der Waals surface area (Å²) in [7, 11) is 0. The lowest BCUT2D eigenvalue weighted by molar-refractivity contribution is -0.274. The van der Waals surface area contributed by atoms with Gasteiger partial charge in [0, 0.05) is 23.2 Å². The number of ether oxygens (including phenoxy) is 1. The van der Waals surface area contributed by atoms with E-state index in [1.54, 1.807) is 0 Å². The Morgan fingerprint density at radius 1 is 1.07 bits per heavy atom. The normalized spacial score (nSPS) is 12.7. The summed E-state index contributed by atoms with van der Waals surface area (Å²) in [4.78, 5) is 22.1. The summed E-state index contributed by atoms with van der Waals surface area (Å²) in [5.41, 5.74) is 5.38. The number of hydrogen-bond donors (Lipinski definition) is 1. The molecule has 0 fully saturated rings. The smallest absolute Gasteiger partial charge is 0.406 e. The number of nitrogens with zero attached hydrogens (tertiary/aromatic N) is 5. The minimum Gasteiger partial charge on any atom is -0.406 e.